The fourth-order valence-electron chi connectivity index (χ4n) is 6.44. The lowest BCUT2D eigenvalue weighted by atomic mass is 9.72. The summed E-state index contributed by atoms with van der Waals surface area (Å²) >= 11 is 0. The number of nitro benzene ring substituents is 1. The van der Waals surface area contributed by atoms with Crippen molar-refractivity contribution in [2.45, 2.75) is 116 Å². The van der Waals surface area contributed by atoms with Crippen LogP contribution in [-0.2, 0) is 17.3 Å². The van der Waals surface area contributed by atoms with E-state index in [0.717, 1.165) is 41.5 Å². The summed E-state index contributed by atoms with van der Waals surface area (Å²) in [4.78, 5) is 11.7. The van der Waals surface area contributed by atoms with E-state index in [2.05, 4.69) is 75.2 Å². The Hall–Kier alpha value is -4.32. The number of benzene rings is 4. The first-order valence-corrected chi connectivity index (χ1v) is 17.7. The fourth-order valence-corrected chi connectivity index (χ4v) is 6.44. The molecule has 0 aliphatic rings. The van der Waals surface area contributed by atoms with Gasteiger partial charge in [-0.3, -0.25) is 10.1 Å². The summed E-state index contributed by atoms with van der Waals surface area (Å²) in [6.07, 6.45) is 13.3. The van der Waals surface area contributed by atoms with Crippen LogP contribution >= 0.6 is 0 Å². The van der Waals surface area contributed by atoms with Crippen LogP contribution in [0.3, 0.4) is 0 Å². The van der Waals surface area contributed by atoms with Crippen LogP contribution < -0.4 is 0 Å². The third-order valence-electron chi connectivity index (χ3n) is 9.80. The minimum absolute atomic E-state index is 0.0143. The first kappa shape index (κ1) is 36.5. The van der Waals surface area contributed by atoms with Gasteiger partial charge in [0.2, 0.25) is 0 Å². The van der Waals surface area contributed by atoms with Crippen LogP contribution in [0, 0.1) is 10.1 Å². The van der Waals surface area contributed by atoms with E-state index in [1.807, 2.05) is 48.5 Å². The van der Waals surface area contributed by atoms with Crippen molar-refractivity contribution in [3.05, 3.63) is 129 Å². The molecule has 0 atom stereocenters. The van der Waals surface area contributed by atoms with Gasteiger partial charge in [-0.1, -0.05) is 165 Å². The molecule has 0 aliphatic carbocycles. The molecule has 0 bridgehead atoms. The highest BCUT2D eigenvalue weighted by Crippen LogP contribution is 2.46. The lowest BCUT2D eigenvalue weighted by Gasteiger charge is -2.32. The van der Waals surface area contributed by atoms with Gasteiger partial charge in [-0.15, -0.1) is 10.2 Å². The Labute approximate surface area is 287 Å². The first-order valence-electron chi connectivity index (χ1n) is 17.7. The Morgan fingerprint density at radius 1 is 0.625 bits per heavy atom. The SMILES string of the molecule is CCCCCCCCCCCCc1ccc(N=Nc2cc(C(C)(C)c3ccccc3)cc(C(C)(C)c3ccccc3)c2O)c([N+](=O)[O-])c1. The van der Waals surface area contributed by atoms with E-state index in [4.69, 9.17) is 0 Å². The maximum absolute atomic E-state index is 12.1. The summed E-state index contributed by atoms with van der Waals surface area (Å²) in [7, 11) is 0. The van der Waals surface area contributed by atoms with Crippen molar-refractivity contribution >= 4 is 17.1 Å². The lowest BCUT2D eigenvalue weighted by molar-refractivity contribution is -0.384. The van der Waals surface area contributed by atoms with Crippen molar-refractivity contribution in [2.24, 2.45) is 10.2 Å². The number of nitro groups is 1. The molecule has 0 saturated heterocycles. The predicted octanol–water partition coefficient (Wildman–Crippen LogP) is 12.8. The Morgan fingerprint density at radius 2 is 1.15 bits per heavy atom. The molecule has 4 aromatic rings. The molecule has 0 aromatic heterocycles. The van der Waals surface area contributed by atoms with Gasteiger partial charge in [0.1, 0.15) is 11.4 Å². The van der Waals surface area contributed by atoms with Crippen molar-refractivity contribution in [1.82, 2.24) is 0 Å². The highest BCUT2D eigenvalue weighted by Gasteiger charge is 2.32. The monoisotopic (exact) mass is 647 g/mol. The number of nitrogens with zero attached hydrogens (tertiary/aromatic N) is 3. The van der Waals surface area contributed by atoms with Crippen LogP contribution in [0.4, 0.5) is 17.1 Å². The highest BCUT2D eigenvalue weighted by molar-refractivity contribution is 5.64. The number of hydrogen-bond acceptors (Lipinski definition) is 5. The third-order valence-corrected chi connectivity index (χ3v) is 9.80. The predicted molar refractivity (Wildman–Crippen MR) is 198 cm³/mol. The van der Waals surface area contributed by atoms with Gasteiger partial charge in [0.25, 0.3) is 5.69 Å². The van der Waals surface area contributed by atoms with Gasteiger partial charge in [-0.2, -0.15) is 0 Å². The number of rotatable bonds is 18. The van der Waals surface area contributed by atoms with Gasteiger partial charge in [-0.25, -0.2) is 0 Å². The summed E-state index contributed by atoms with van der Waals surface area (Å²) in [6, 6.07) is 29.4. The van der Waals surface area contributed by atoms with E-state index in [1.165, 1.54) is 51.4 Å². The second-order valence-electron chi connectivity index (χ2n) is 14.1. The smallest absolute Gasteiger partial charge is 0.296 e. The molecule has 0 saturated carbocycles. The molecular formula is C42H53N3O3. The number of hydrogen-bond donors (Lipinski definition) is 1. The fraction of sp³-hybridized carbons (Fsp3) is 0.429. The second-order valence-corrected chi connectivity index (χ2v) is 14.1. The van der Waals surface area contributed by atoms with E-state index in [1.54, 1.807) is 12.1 Å². The number of phenolic OH excluding ortho intramolecular Hbond substituents is 1. The molecule has 0 fully saturated rings. The molecule has 0 radical (unpaired) electrons. The minimum Gasteiger partial charge on any atom is -0.505 e. The molecule has 4 aromatic carbocycles. The van der Waals surface area contributed by atoms with Crippen LogP contribution in [0.15, 0.2) is 101 Å². The average molecular weight is 648 g/mol. The molecular weight excluding hydrogens is 594 g/mol. The minimum atomic E-state index is -0.555. The van der Waals surface area contributed by atoms with Crippen molar-refractivity contribution < 1.29 is 10.0 Å². The zero-order valence-corrected chi connectivity index (χ0v) is 29.5. The maximum Gasteiger partial charge on any atom is 0.296 e. The summed E-state index contributed by atoms with van der Waals surface area (Å²) in [5, 5.41) is 32.7. The van der Waals surface area contributed by atoms with Crippen LogP contribution in [0.1, 0.15) is 127 Å². The number of unbranched alkanes of at least 4 members (excludes halogenated alkanes) is 9. The Balaban J connectivity index is 1.58. The number of phenols is 1. The van der Waals surface area contributed by atoms with Gasteiger partial charge >= 0.3 is 0 Å². The number of aromatic hydroxyl groups is 1. The third kappa shape index (κ3) is 9.40. The van der Waals surface area contributed by atoms with Gasteiger partial charge < -0.3 is 5.11 Å². The van der Waals surface area contributed by atoms with E-state index in [0.29, 0.717) is 5.56 Å². The van der Waals surface area contributed by atoms with Crippen LogP contribution in [0.5, 0.6) is 5.75 Å². The maximum atomic E-state index is 12.1. The summed E-state index contributed by atoms with van der Waals surface area (Å²) in [5.74, 6) is 0.0143. The van der Waals surface area contributed by atoms with E-state index < -0.39 is 15.8 Å². The zero-order chi connectivity index (χ0) is 34.6. The van der Waals surface area contributed by atoms with E-state index in [-0.39, 0.29) is 22.8 Å². The van der Waals surface area contributed by atoms with Gasteiger partial charge in [0.05, 0.1) is 4.92 Å². The van der Waals surface area contributed by atoms with E-state index >= 15 is 0 Å². The van der Waals surface area contributed by atoms with Crippen molar-refractivity contribution in [2.75, 3.05) is 0 Å². The molecule has 6 nitrogen and oxygen atoms in total. The highest BCUT2D eigenvalue weighted by atomic mass is 16.6. The summed E-state index contributed by atoms with van der Waals surface area (Å²) in [6.45, 7) is 10.7. The zero-order valence-electron chi connectivity index (χ0n) is 29.5. The number of azo groups is 1. The second kappa shape index (κ2) is 17.2. The molecule has 0 heterocycles. The normalized spacial score (nSPS) is 12.1. The molecule has 0 aliphatic heterocycles. The largest absolute Gasteiger partial charge is 0.505 e. The van der Waals surface area contributed by atoms with Gasteiger partial charge in [-0.05, 0) is 47.2 Å². The van der Waals surface area contributed by atoms with Crippen LogP contribution in [0.2, 0.25) is 0 Å². The molecule has 4 rings (SSSR count). The Kier molecular flexibility index (Phi) is 13.1. The average Bonchev–Trinajstić information content (AvgIpc) is 3.09. The molecule has 48 heavy (non-hydrogen) atoms. The Morgan fingerprint density at radius 3 is 1.71 bits per heavy atom. The molecule has 0 unspecified atom stereocenters. The van der Waals surface area contributed by atoms with Gasteiger partial charge in [0.15, 0.2) is 5.69 Å². The number of aryl methyl sites for hydroxylation is 1. The first-order chi connectivity index (χ1) is 23.1. The van der Waals surface area contributed by atoms with Crippen LogP contribution in [-0.4, -0.2) is 10.0 Å². The van der Waals surface area contributed by atoms with Crippen molar-refractivity contribution in [1.29, 1.82) is 0 Å². The summed E-state index contributed by atoms with van der Waals surface area (Å²) in [5.41, 5.74) is 4.18. The van der Waals surface area contributed by atoms with Crippen LogP contribution in [0.25, 0.3) is 0 Å². The quantitative estimate of drug-likeness (QED) is 0.0504. The van der Waals surface area contributed by atoms with E-state index in [9.17, 15) is 15.2 Å². The Bertz CT molecular complexity index is 1650. The lowest BCUT2D eigenvalue weighted by Crippen LogP contribution is -2.23. The molecule has 254 valence electrons. The van der Waals surface area contributed by atoms with Crippen molar-refractivity contribution in [3.63, 3.8) is 0 Å². The topological polar surface area (TPSA) is 88.1 Å². The molecule has 1 N–H and O–H groups in total. The summed E-state index contributed by atoms with van der Waals surface area (Å²) < 4.78 is 0. The molecule has 0 spiro atoms. The molecule has 6 heteroatoms. The standard InChI is InChI=1S/C42H53N3O3/c1-6-7-8-9-10-11-12-13-14-17-22-32-27-28-37(39(29-32)45(47)48)43-44-38-31-35(41(2,3)33-23-18-15-19-24-33)30-36(40(38)46)42(4,5)34-25-20-16-21-26-34/h15-16,18-21,23-31,46H,6-14,17,22H2,1-5H3. The molecule has 0 amide bonds. The van der Waals surface area contributed by atoms with Gasteiger partial charge in [0, 0.05) is 22.5 Å². The van der Waals surface area contributed by atoms with Crippen molar-refractivity contribution in [3.8, 4) is 5.75 Å².